The normalized spacial score (nSPS) is 26.4. The Balaban J connectivity index is 1.57. The van der Waals surface area contributed by atoms with E-state index in [9.17, 15) is 0 Å². The van der Waals surface area contributed by atoms with Gasteiger partial charge in [0.2, 0.25) is 0 Å². The van der Waals surface area contributed by atoms with E-state index in [1.54, 1.807) is 0 Å². The van der Waals surface area contributed by atoms with Crippen LogP contribution >= 0.6 is 0 Å². The molecule has 0 amide bonds. The molecule has 2 aliphatic heterocycles. The van der Waals surface area contributed by atoms with E-state index in [4.69, 9.17) is 4.74 Å². The predicted octanol–water partition coefficient (Wildman–Crippen LogP) is 2.75. The van der Waals surface area contributed by atoms with E-state index < -0.39 is 0 Å². The molecule has 19 heavy (non-hydrogen) atoms. The second-order valence-corrected chi connectivity index (χ2v) is 6.33. The van der Waals surface area contributed by atoms with Gasteiger partial charge >= 0.3 is 0 Å². The van der Waals surface area contributed by atoms with Crippen molar-refractivity contribution in [2.24, 2.45) is 0 Å². The average molecular weight is 268 g/mol. The molecule has 0 aromatic rings. The summed E-state index contributed by atoms with van der Waals surface area (Å²) in [6, 6.07) is 0.817. The van der Waals surface area contributed by atoms with Crippen molar-refractivity contribution in [3.05, 3.63) is 0 Å². The summed E-state index contributed by atoms with van der Waals surface area (Å²) in [5.41, 5.74) is 0. The fourth-order valence-corrected chi connectivity index (χ4v) is 3.52. The first kappa shape index (κ1) is 15.3. The van der Waals surface area contributed by atoms with Crippen LogP contribution in [0.4, 0.5) is 0 Å². The summed E-state index contributed by atoms with van der Waals surface area (Å²) in [5, 5.41) is 0. The molecule has 0 radical (unpaired) electrons. The molecule has 3 nitrogen and oxygen atoms in total. The lowest BCUT2D eigenvalue weighted by atomic mass is 10.0. The zero-order valence-electron chi connectivity index (χ0n) is 12.9. The molecule has 0 unspecified atom stereocenters. The molecule has 2 heterocycles. The highest BCUT2D eigenvalue weighted by atomic mass is 16.5. The van der Waals surface area contributed by atoms with E-state index in [0.29, 0.717) is 6.10 Å². The third-order valence-electron chi connectivity index (χ3n) is 4.78. The molecule has 3 heteroatoms. The lowest BCUT2D eigenvalue weighted by Gasteiger charge is -2.36. The molecule has 0 N–H and O–H groups in total. The average Bonchev–Trinajstić information content (AvgIpc) is 2.93. The van der Waals surface area contributed by atoms with Gasteiger partial charge in [-0.1, -0.05) is 6.92 Å². The van der Waals surface area contributed by atoms with Crippen molar-refractivity contribution in [3.8, 4) is 0 Å². The van der Waals surface area contributed by atoms with Gasteiger partial charge in [0.25, 0.3) is 0 Å². The molecule has 1 atom stereocenters. The highest BCUT2D eigenvalue weighted by molar-refractivity contribution is 4.78. The van der Waals surface area contributed by atoms with Gasteiger partial charge in [-0.25, -0.2) is 0 Å². The van der Waals surface area contributed by atoms with Crippen LogP contribution in [0.2, 0.25) is 0 Å². The van der Waals surface area contributed by atoms with Crippen LogP contribution in [-0.2, 0) is 4.74 Å². The maximum absolute atomic E-state index is 5.70. The van der Waals surface area contributed by atoms with Crippen molar-refractivity contribution < 1.29 is 4.74 Å². The van der Waals surface area contributed by atoms with Crippen molar-refractivity contribution in [3.63, 3.8) is 0 Å². The number of rotatable bonds is 7. The Hall–Kier alpha value is -0.120. The van der Waals surface area contributed by atoms with Gasteiger partial charge in [0, 0.05) is 12.6 Å². The fraction of sp³-hybridized carbons (Fsp3) is 1.00. The topological polar surface area (TPSA) is 15.7 Å². The van der Waals surface area contributed by atoms with Gasteiger partial charge in [0.05, 0.1) is 6.10 Å². The van der Waals surface area contributed by atoms with Gasteiger partial charge in [0.1, 0.15) is 0 Å². The summed E-state index contributed by atoms with van der Waals surface area (Å²) in [5.74, 6) is 0. The van der Waals surface area contributed by atoms with E-state index in [-0.39, 0.29) is 0 Å². The summed E-state index contributed by atoms with van der Waals surface area (Å²) in [6.07, 6.45) is 9.71. The number of likely N-dealkylation sites (tertiary alicyclic amines) is 1. The predicted molar refractivity (Wildman–Crippen MR) is 80.6 cm³/mol. The van der Waals surface area contributed by atoms with Crippen molar-refractivity contribution >= 4 is 0 Å². The minimum atomic E-state index is 0.569. The zero-order chi connectivity index (χ0) is 13.5. The largest absolute Gasteiger partial charge is 0.378 e. The Labute approximate surface area is 119 Å². The van der Waals surface area contributed by atoms with E-state index in [2.05, 4.69) is 23.8 Å². The summed E-state index contributed by atoms with van der Waals surface area (Å²) in [4.78, 5) is 5.22. The molecule has 0 aliphatic carbocycles. The van der Waals surface area contributed by atoms with Crippen molar-refractivity contribution in [1.29, 1.82) is 0 Å². The molecule has 2 saturated heterocycles. The van der Waals surface area contributed by atoms with Gasteiger partial charge in [-0.3, -0.25) is 0 Å². The molecule has 0 bridgehead atoms. The molecular weight excluding hydrogens is 236 g/mol. The number of ether oxygens (including phenoxy) is 1. The van der Waals surface area contributed by atoms with Gasteiger partial charge in [-0.05, 0) is 78.2 Å². The van der Waals surface area contributed by atoms with Crippen LogP contribution in [0.1, 0.15) is 51.9 Å². The van der Waals surface area contributed by atoms with Gasteiger partial charge in [0.15, 0.2) is 0 Å². The van der Waals surface area contributed by atoms with E-state index in [1.807, 2.05) is 0 Å². The lowest BCUT2D eigenvalue weighted by Crippen LogP contribution is -2.43. The number of piperidine rings is 1. The number of hydrogen-bond acceptors (Lipinski definition) is 3. The smallest absolute Gasteiger partial charge is 0.0576 e. The zero-order valence-corrected chi connectivity index (χ0v) is 12.9. The van der Waals surface area contributed by atoms with Crippen LogP contribution in [0.15, 0.2) is 0 Å². The molecule has 0 aromatic carbocycles. The second kappa shape index (κ2) is 8.23. The molecular formula is C16H32N2O. The Morgan fingerprint density at radius 2 is 2.00 bits per heavy atom. The third kappa shape index (κ3) is 5.05. The van der Waals surface area contributed by atoms with Crippen molar-refractivity contribution in [2.45, 2.75) is 64.0 Å². The van der Waals surface area contributed by atoms with Gasteiger partial charge in [-0.15, -0.1) is 0 Å². The summed E-state index contributed by atoms with van der Waals surface area (Å²) in [6.45, 7) is 8.41. The maximum atomic E-state index is 5.70. The summed E-state index contributed by atoms with van der Waals surface area (Å²) < 4.78 is 5.70. The fourth-order valence-electron chi connectivity index (χ4n) is 3.52. The third-order valence-corrected chi connectivity index (χ3v) is 4.78. The van der Waals surface area contributed by atoms with E-state index >= 15 is 0 Å². The van der Waals surface area contributed by atoms with Crippen molar-refractivity contribution in [2.75, 3.05) is 39.8 Å². The quantitative estimate of drug-likeness (QED) is 0.706. The molecule has 2 fully saturated rings. The van der Waals surface area contributed by atoms with Crippen LogP contribution < -0.4 is 0 Å². The maximum Gasteiger partial charge on any atom is 0.0576 e. The minimum Gasteiger partial charge on any atom is -0.378 e. The summed E-state index contributed by atoms with van der Waals surface area (Å²) in [7, 11) is 2.32. The van der Waals surface area contributed by atoms with Crippen LogP contribution in [0.25, 0.3) is 0 Å². The van der Waals surface area contributed by atoms with Gasteiger partial charge < -0.3 is 14.5 Å². The Kier molecular flexibility index (Phi) is 6.62. The molecule has 0 spiro atoms. The monoisotopic (exact) mass is 268 g/mol. The first-order valence-corrected chi connectivity index (χ1v) is 8.33. The minimum absolute atomic E-state index is 0.569. The number of nitrogens with zero attached hydrogens (tertiary/aromatic N) is 2. The van der Waals surface area contributed by atoms with Crippen LogP contribution in [0, 0.1) is 0 Å². The molecule has 0 saturated carbocycles. The summed E-state index contributed by atoms with van der Waals surface area (Å²) >= 11 is 0. The Morgan fingerprint density at radius 1 is 1.21 bits per heavy atom. The van der Waals surface area contributed by atoms with E-state index in [1.165, 1.54) is 71.1 Å². The van der Waals surface area contributed by atoms with Crippen LogP contribution in [0.5, 0.6) is 0 Å². The Morgan fingerprint density at radius 3 is 2.63 bits per heavy atom. The highest BCUT2D eigenvalue weighted by Gasteiger charge is 2.22. The second-order valence-electron chi connectivity index (χ2n) is 6.33. The van der Waals surface area contributed by atoms with Crippen LogP contribution in [-0.4, -0.2) is 61.8 Å². The number of hydrogen-bond donors (Lipinski definition) is 0. The molecule has 2 aliphatic rings. The highest BCUT2D eigenvalue weighted by Crippen LogP contribution is 2.19. The lowest BCUT2D eigenvalue weighted by molar-refractivity contribution is 0.0917. The van der Waals surface area contributed by atoms with E-state index in [0.717, 1.165) is 12.6 Å². The first-order chi connectivity index (χ1) is 9.29. The van der Waals surface area contributed by atoms with Crippen LogP contribution in [0.3, 0.4) is 0 Å². The Bertz CT molecular complexity index is 233. The standard InChI is InChI=1S/C16H32N2O/c1-3-10-18-12-8-15(9-13-18)17(2)11-4-6-16-7-5-14-19-16/h15-16H,3-14H2,1-2H3/t16-/m0/s1. The molecule has 2 rings (SSSR count). The first-order valence-electron chi connectivity index (χ1n) is 8.33. The van der Waals surface area contributed by atoms with Crippen molar-refractivity contribution in [1.82, 2.24) is 9.80 Å². The SMILES string of the molecule is CCCN1CCC(N(C)CCC[C@H]2CCCO2)CC1. The molecule has 112 valence electrons. The molecule has 0 aromatic heterocycles. The van der Waals surface area contributed by atoms with Gasteiger partial charge in [-0.2, -0.15) is 0 Å².